The predicted molar refractivity (Wildman–Crippen MR) is 159 cm³/mol. The van der Waals surface area contributed by atoms with Crippen molar-refractivity contribution in [3.63, 3.8) is 0 Å². The fourth-order valence-electron chi connectivity index (χ4n) is 4.50. The Morgan fingerprint density at radius 3 is 2.49 bits per heavy atom. The minimum absolute atomic E-state index is 0.0240. The first-order valence-corrected chi connectivity index (χ1v) is 13.9. The highest BCUT2D eigenvalue weighted by molar-refractivity contribution is 5.74. The molecule has 0 aliphatic rings. The number of ether oxygens (including phenoxy) is 2. The molecule has 0 aliphatic heterocycles. The summed E-state index contributed by atoms with van der Waals surface area (Å²) in [6.07, 6.45) is 6.20. The molecule has 218 valence electrons. The van der Waals surface area contributed by atoms with E-state index in [4.69, 9.17) is 14.0 Å². The Morgan fingerprint density at radius 1 is 1.05 bits per heavy atom. The Hall–Kier alpha value is -4.18. The topological polar surface area (TPSA) is 108 Å². The quantitative estimate of drug-likeness (QED) is 0.116. The molecule has 0 saturated carbocycles. The molecule has 2 aromatic carbocycles. The van der Waals surface area contributed by atoms with Crippen molar-refractivity contribution in [2.75, 3.05) is 30.2 Å². The van der Waals surface area contributed by atoms with Crippen molar-refractivity contribution in [1.82, 2.24) is 20.2 Å². The van der Waals surface area contributed by atoms with Gasteiger partial charge < -0.3 is 14.0 Å². The van der Waals surface area contributed by atoms with E-state index in [1.165, 1.54) is 0 Å². The molecule has 0 bridgehead atoms. The number of anilines is 2. The smallest absolute Gasteiger partial charge is 0.332 e. The van der Waals surface area contributed by atoms with Crippen molar-refractivity contribution >= 4 is 17.3 Å². The number of carbonyl (C=O) groups is 1. The average Bonchev–Trinajstić information content (AvgIpc) is 3.58. The molecule has 1 N–H and O–H groups in total. The summed E-state index contributed by atoms with van der Waals surface area (Å²) in [5, 5.41) is 14.3. The Labute approximate surface area is 241 Å². The second-order valence-corrected chi connectivity index (χ2v) is 11.1. The van der Waals surface area contributed by atoms with Gasteiger partial charge in [-0.2, -0.15) is 0 Å². The number of carbonyl (C=O) groups excluding carboxylic acids is 1. The number of hydrogen-bond donors (Lipinski definition) is 1. The highest BCUT2D eigenvalue weighted by Crippen LogP contribution is 2.31. The summed E-state index contributed by atoms with van der Waals surface area (Å²) < 4.78 is 18.0. The third-order valence-corrected chi connectivity index (χ3v) is 6.47. The van der Waals surface area contributed by atoms with Crippen LogP contribution < -0.4 is 10.4 Å². The van der Waals surface area contributed by atoms with Crippen LogP contribution in [0, 0.1) is 20.8 Å². The van der Waals surface area contributed by atoms with Crippen LogP contribution in [0.4, 0.5) is 11.4 Å². The van der Waals surface area contributed by atoms with Gasteiger partial charge in [0.05, 0.1) is 35.1 Å². The van der Waals surface area contributed by atoms with Gasteiger partial charge in [0.2, 0.25) is 0 Å². The molecule has 2 aromatic heterocycles. The van der Waals surface area contributed by atoms with Crippen molar-refractivity contribution in [3.8, 4) is 16.8 Å². The Bertz CT molecular complexity index is 1390. The van der Waals surface area contributed by atoms with E-state index in [1.807, 2.05) is 52.9 Å². The van der Waals surface area contributed by atoms with Crippen LogP contribution in [0.2, 0.25) is 0 Å². The molecule has 2 heterocycles. The molecule has 0 amide bonds. The summed E-state index contributed by atoms with van der Waals surface area (Å²) in [5.41, 5.74) is 10.2. The molecule has 10 heteroatoms. The lowest BCUT2D eigenvalue weighted by Crippen LogP contribution is -2.31. The number of aryl methyl sites for hydroxylation is 3. The molecule has 0 saturated heterocycles. The van der Waals surface area contributed by atoms with Gasteiger partial charge in [-0.25, -0.2) is 9.48 Å². The van der Waals surface area contributed by atoms with Gasteiger partial charge in [-0.15, -0.1) is 5.10 Å². The zero-order valence-electron chi connectivity index (χ0n) is 24.8. The van der Waals surface area contributed by atoms with Gasteiger partial charge in [-0.3, -0.25) is 10.4 Å². The summed E-state index contributed by atoms with van der Waals surface area (Å²) in [7, 11) is 0. The monoisotopic (exact) mass is 560 g/mol. The van der Waals surface area contributed by atoms with E-state index in [2.05, 4.69) is 63.2 Å². The van der Waals surface area contributed by atoms with Crippen LogP contribution >= 0.6 is 0 Å². The molecule has 0 atom stereocenters. The minimum Gasteiger partial charge on any atom is -0.458 e. The van der Waals surface area contributed by atoms with E-state index in [-0.39, 0.29) is 12.6 Å². The van der Waals surface area contributed by atoms with E-state index >= 15 is 0 Å². The van der Waals surface area contributed by atoms with Gasteiger partial charge in [0.15, 0.2) is 0 Å². The van der Waals surface area contributed by atoms with Crippen molar-refractivity contribution < 1.29 is 18.8 Å². The molecule has 0 spiro atoms. The lowest BCUT2D eigenvalue weighted by Gasteiger charge is -2.28. The molecule has 0 fully saturated rings. The first-order valence-electron chi connectivity index (χ1n) is 13.9. The number of aromatic nitrogens is 4. The van der Waals surface area contributed by atoms with E-state index in [9.17, 15) is 4.79 Å². The number of hydrogen-bond acceptors (Lipinski definition) is 9. The molecular weight excluding hydrogens is 520 g/mol. The molecule has 4 aromatic rings. The molecule has 0 aliphatic carbocycles. The highest BCUT2D eigenvalue weighted by atomic mass is 16.6. The van der Waals surface area contributed by atoms with Gasteiger partial charge in [0.25, 0.3) is 0 Å². The number of unbranched alkanes of at least 4 members (excludes halogenated alkanes) is 2. The first-order chi connectivity index (χ1) is 19.6. The summed E-state index contributed by atoms with van der Waals surface area (Å²) >= 11 is 0. The zero-order valence-corrected chi connectivity index (χ0v) is 24.8. The number of esters is 1. The van der Waals surface area contributed by atoms with Crippen LogP contribution in [0.1, 0.15) is 57.1 Å². The van der Waals surface area contributed by atoms with E-state index in [0.29, 0.717) is 6.61 Å². The molecule has 41 heavy (non-hydrogen) atoms. The largest absolute Gasteiger partial charge is 0.458 e. The minimum atomic E-state index is -0.505. The standard InChI is InChI=1S/C31H40N6O4/c1-22-10-11-25(30-23(2)34-41-24(30)3)20-28(22)33-36(26-12-14-27(15-13-26)37-18-16-32-35-37)17-8-7-9-19-39-21-29(38)40-31(4,5)6/h10-16,18,20,33H,7-9,17,19,21H2,1-6H3. The maximum Gasteiger partial charge on any atom is 0.332 e. The van der Waals surface area contributed by atoms with Crippen LogP contribution in [-0.4, -0.2) is 51.5 Å². The van der Waals surface area contributed by atoms with Gasteiger partial charge in [0, 0.05) is 18.7 Å². The first kappa shape index (κ1) is 29.8. The van der Waals surface area contributed by atoms with Crippen molar-refractivity contribution in [2.45, 2.75) is 66.4 Å². The average molecular weight is 561 g/mol. The molecule has 0 unspecified atom stereocenters. The van der Waals surface area contributed by atoms with Crippen LogP contribution in [0.15, 0.2) is 59.4 Å². The number of nitrogens with one attached hydrogen (secondary N) is 1. The van der Waals surface area contributed by atoms with Crippen molar-refractivity contribution in [1.29, 1.82) is 0 Å². The predicted octanol–water partition coefficient (Wildman–Crippen LogP) is 6.21. The van der Waals surface area contributed by atoms with Crippen LogP contribution in [-0.2, 0) is 14.3 Å². The summed E-state index contributed by atoms with van der Waals surface area (Å²) in [6, 6.07) is 14.5. The number of nitrogens with zero attached hydrogens (tertiary/aromatic N) is 5. The Morgan fingerprint density at radius 2 is 1.83 bits per heavy atom. The van der Waals surface area contributed by atoms with Gasteiger partial charge in [0.1, 0.15) is 18.0 Å². The van der Waals surface area contributed by atoms with Gasteiger partial charge in [-0.1, -0.05) is 22.5 Å². The third-order valence-electron chi connectivity index (χ3n) is 6.47. The van der Waals surface area contributed by atoms with E-state index in [0.717, 1.165) is 71.0 Å². The second kappa shape index (κ2) is 13.5. The maximum atomic E-state index is 11.9. The summed E-state index contributed by atoms with van der Waals surface area (Å²) in [6.45, 7) is 12.8. The lowest BCUT2D eigenvalue weighted by atomic mass is 10.0. The fraction of sp³-hybridized carbons (Fsp3) is 0.419. The normalized spacial score (nSPS) is 11.5. The number of benzene rings is 2. The molecule has 0 radical (unpaired) electrons. The number of rotatable bonds is 13. The highest BCUT2D eigenvalue weighted by Gasteiger charge is 2.17. The second-order valence-electron chi connectivity index (χ2n) is 11.1. The molecule has 4 rings (SSSR count). The van der Waals surface area contributed by atoms with E-state index < -0.39 is 5.60 Å². The lowest BCUT2D eigenvalue weighted by molar-refractivity contribution is -0.160. The summed E-state index contributed by atoms with van der Waals surface area (Å²) in [5.74, 6) is 0.461. The Balaban J connectivity index is 1.42. The van der Waals surface area contributed by atoms with Gasteiger partial charge >= 0.3 is 5.97 Å². The molecular formula is C31H40N6O4. The van der Waals surface area contributed by atoms with E-state index in [1.54, 1.807) is 10.9 Å². The SMILES string of the molecule is Cc1ccc(-c2c(C)noc2C)cc1NN(CCCCCOCC(=O)OC(C)(C)C)c1ccc(-n2ccnn2)cc1. The molecule has 10 nitrogen and oxygen atoms in total. The maximum absolute atomic E-state index is 11.9. The third kappa shape index (κ3) is 8.40. The summed E-state index contributed by atoms with van der Waals surface area (Å²) in [4.78, 5) is 11.9. The number of hydrazine groups is 1. The zero-order chi connectivity index (χ0) is 29.4. The fourth-order valence-corrected chi connectivity index (χ4v) is 4.50. The van der Waals surface area contributed by atoms with Crippen LogP contribution in [0.3, 0.4) is 0 Å². The van der Waals surface area contributed by atoms with Crippen LogP contribution in [0.25, 0.3) is 16.8 Å². The Kier molecular flexibility index (Phi) is 9.78. The van der Waals surface area contributed by atoms with Gasteiger partial charge in [-0.05, 0) is 102 Å². The van der Waals surface area contributed by atoms with Crippen molar-refractivity contribution in [3.05, 3.63) is 71.9 Å². The van der Waals surface area contributed by atoms with Crippen molar-refractivity contribution in [2.24, 2.45) is 0 Å². The van der Waals surface area contributed by atoms with Crippen LogP contribution in [0.5, 0.6) is 0 Å².